The lowest BCUT2D eigenvalue weighted by Gasteiger charge is -2.65. The van der Waals surface area contributed by atoms with E-state index in [1.807, 2.05) is 6.07 Å². The number of amides is 1. The van der Waals surface area contributed by atoms with Crippen LogP contribution in [0.15, 0.2) is 42.5 Å². The Balaban J connectivity index is 1.28. The van der Waals surface area contributed by atoms with E-state index in [1.54, 1.807) is 18.0 Å². The van der Waals surface area contributed by atoms with Crippen LogP contribution in [0.4, 0.5) is 13.2 Å². The number of likely N-dealkylation sites (tertiary alicyclic amines) is 1. The molecule has 1 saturated heterocycles. The van der Waals surface area contributed by atoms with E-state index in [4.69, 9.17) is 14.2 Å². The molecule has 8 nitrogen and oxygen atoms in total. The molecule has 1 amide bonds. The van der Waals surface area contributed by atoms with Gasteiger partial charge in [-0.2, -0.15) is 13.2 Å². The Bertz CT molecular complexity index is 1640. The van der Waals surface area contributed by atoms with Crippen molar-refractivity contribution in [3.8, 4) is 11.5 Å². The lowest BCUT2D eigenvalue weighted by Crippen LogP contribution is -2.79. The summed E-state index contributed by atoms with van der Waals surface area (Å²) in [5.41, 5.74) is -0.306. The summed E-state index contributed by atoms with van der Waals surface area (Å²) < 4.78 is 58.7. The maximum atomic E-state index is 13.6. The van der Waals surface area contributed by atoms with Gasteiger partial charge in [0.2, 0.25) is 5.91 Å². The van der Waals surface area contributed by atoms with Crippen LogP contribution in [0.3, 0.4) is 0 Å². The SMILES string of the molecule is CC(=O)Oc1ccc2c3c1O[C@H]1[C@@H](N(C)C(=O)C=Cc4cccc(C(F)(F)F)c4)CC[C@@]4(OC(C)=O)[C@@H](C2)N(CC2CC2)CC[C@]314. The number of benzene rings is 2. The molecule has 46 heavy (non-hydrogen) atoms. The molecule has 1 spiro atoms. The molecule has 2 heterocycles. The number of nitrogens with zero attached hydrogens (tertiary/aromatic N) is 2. The minimum absolute atomic E-state index is 0.0855. The van der Waals surface area contributed by atoms with Crippen molar-refractivity contribution in [3.63, 3.8) is 0 Å². The first-order valence-corrected chi connectivity index (χ1v) is 15.9. The van der Waals surface area contributed by atoms with Crippen molar-refractivity contribution in [3.05, 3.63) is 64.7 Å². The molecule has 5 atom stereocenters. The smallest absolute Gasteiger partial charge is 0.416 e. The number of rotatable bonds is 7. The quantitative estimate of drug-likeness (QED) is 0.231. The third-order valence-electron chi connectivity index (χ3n) is 10.7. The molecule has 2 aliphatic heterocycles. The Hall–Kier alpha value is -3.86. The molecule has 0 N–H and O–H groups in total. The van der Waals surface area contributed by atoms with Crippen molar-refractivity contribution in [1.29, 1.82) is 0 Å². The lowest BCUT2D eigenvalue weighted by molar-refractivity contribution is -0.223. The van der Waals surface area contributed by atoms with E-state index in [0.717, 1.165) is 36.3 Å². The van der Waals surface area contributed by atoms with Gasteiger partial charge in [-0.15, -0.1) is 0 Å². The zero-order chi connectivity index (χ0) is 32.6. The maximum absolute atomic E-state index is 13.6. The second-order valence-corrected chi connectivity index (χ2v) is 13.4. The number of ether oxygens (including phenoxy) is 3. The van der Waals surface area contributed by atoms with Gasteiger partial charge in [-0.1, -0.05) is 18.2 Å². The summed E-state index contributed by atoms with van der Waals surface area (Å²) in [7, 11) is 1.67. The average Bonchev–Trinajstić information content (AvgIpc) is 3.74. The first-order valence-electron chi connectivity index (χ1n) is 15.9. The van der Waals surface area contributed by atoms with Crippen LogP contribution in [0.1, 0.15) is 68.2 Å². The van der Waals surface area contributed by atoms with Crippen molar-refractivity contribution >= 4 is 23.9 Å². The van der Waals surface area contributed by atoms with Gasteiger partial charge in [-0.3, -0.25) is 19.3 Å². The maximum Gasteiger partial charge on any atom is 0.416 e. The third-order valence-corrected chi connectivity index (χ3v) is 10.7. The van der Waals surface area contributed by atoms with E-state index in [2.05, 4.69) is 4.90 Å². The molecule has 2 aromatic carbocycles. The molecule has 2 aromatic rings. The number of carbonyl (C=O) groups excluding carboxylic acids is 3. The molecule has 2 bridgehead atoms. The zero-order valence-electron chi connectivity index (χ0n) is 26.1. The molecule has 244 valence electrons. The van der Waals surface area contributed by atoms with Crippen LogP contribution in [0, 0.1) is 5.92 Å². The van der Waals surface area contributed by atoms with Crippen molar-refractivity contribution < 1.29 is 41.8 Å². The summed E-state index contributed by atoms with van der Waals surface area (Å²) in [4.78, 5) is 42.7. The molecular weight excluding hydrogens is 601 g/mol. The van der Waals surface area contributed by atoms with E-state index < -0.39 is 46.8 Å². The summed E-state index contributed by atoms with van der Waals surface area (Å²) in [6.45, 7) is 4.46. The molecule has 2 saturated carbocycles. The van der Waals surface area contributed by atoms with Gasteiger partial charge < -0.3 is 19.1 Å². The normalized spacial score (nSPS) is 29.6. The van der Waals surface area contributed by atoms with E-state index in [9.17, 15) is 27.6 Å². The van der Waals surface area contributed by atoms with Gasteiger partial charge in [0.25, 0.3) is 0 Å². The standard InChI is InChI=1S/C35H37F3N2O6/c1-20(41)44-27-11-10-24-18-28-34(46-21(2)42)14-13-26(39(3)29(43)12-9-22-5-4-6-25(17-22)35(36,37)38)32-33(34,30(24)31(27)45-32)15-16-40(28)19-23-7-8-23/h4-6,9-12,17,23,26,28,32H,7-8,13-16,18-19H2,1-3H3/t26-,28+,32-,33-,34+/m0/s1. The number of halogens is 3. The van der Waals surface area contributed by atoms with E-state index >= 15 is 0 Å². The fourth-order valence-corrected chi connectivity index (χ4v) is 8.78. The second kappa shape index (κ2) is 10.9. The number of hydrogen-bond donors (Lipinski definition) is 0. The van der Waals surface area contributed by atoms with Crippen LogP contribution < -0.4 is 9.47 Å². The Kier molecular flexibility index (Phi) is 7.26. The first kappa shape index (κ1) is 30.8. The molecule has 5 aliphatic rings. The van der Waals surface area contributed by atoms with E-state index in [1.165, 1.54) is 51.0 Å². The topological polar surface area (TPSA) is 85.4 Å². The summed E-state index contributed by atoms with van der Waals surface area (Å²) in [5, 5.41) is 0. The number of carbonyl (C=O) groups is 3. The number of piperidine rings is 1. The summed E-state index contributed by atoms with van der Waals surface area (Å²) in [6, 6.07) is 8.00. The predicted octanol–water partition coefficient (Wildman–Crippen LogP) is 5.31. The highest BCUT2D eigenvalue weighted by molar-refractivity contribution is 5.92. The van der Waals surface area contributed by atoms with Crippen LogP contribution in [-0.4, -0.2) is 71.6 Å². The third kappa shape index (κ3) is 4.80. The Labute approximate surface area is 265 Å². The van der Waals surface area contributed by atoms with E-state index in [-0.39, 0.29) is 17.6 Å². The minimum Gasteiger partial charge on any atom is -0.483 e. The van der Waals surface area contributed by atoms with Gasteiger partial charge in [0.1, 0.15) is 11.7 Å². The van der Waals surface area contributed by atoms with Crippen LogP contribution >= 0.6 is 0 Å². The van der Waals surface area contributed by atoms with Gasteiger partial charge in [-0.25, -0.2) is 0 Å². The Morgan fingerprint density at radius 2 is 1.87 bits per heavy atom. The molecule has 0 radical (unpaired) electrons. The Morgan fingerprint density at radius 3 is 2.57 bits per heavy atom. The number of esters is 2. The van der Waals surface area contributed by atoms with Crippen LogP contribution in [0.25, 0.3) is 6.08 Å². The molecule has 7 rings (SSSR count). The molecule has 0 aromatic heterocycles. The molecule has 3 fully saturated rings. The van der Waals surface area contributed by atoms with Crippen LogP contribution in [0.5, 0.6) is 11.5 Å². The fourth-order valence-electron chi connectivity index (χ4n) is 8.78. The number of alkyl halides is 3. The van der Waals surface area contributed by atoms with Crippen molar-refractivity contribution in [2.24, 2.45) is 5.92 Å². The molecular formula is C35H37F3N2O6. The fraction of sp³-hybridized carbons (Fsp3) is 0.514. The van der Waals surface area contributed by atoms with Crippen molar-refractivity contribution in [2.75, 3.05) is 20.1 Å². The largest absolute Gasteiger partial charge is 0.483 e. The van der Waals surface area contributed by atoms with Crippen molar-refractivity contribution in [1.82, 2.24) is 9.80 Å². The average molecular weight is 639 g/mol. The predicted molar refractivity (Wildman–Crippen MR) is 161 cm³/mol. The van der Waals surface area contributed by atoms with E-state index in [0.29, 0.717) is 43.1 Å². The summed E-state index contributed by atoms with van der Waals surface area (Å²) in [5.74, 6) is 0.119. The molecule has 3 aliphatic carbocycles. The summed E-state index contributed by atoms with van der Waals surface area (Å²) in [6.07, 6.45) is 2.17. The summed E-state index contributed by atoms with van der Waals surface area (Å²) >= 11 is 0. The molecule has 11 heteroatoms. The lowest BCUT2D eigenvalue weighted by atomic mass is 9.48. The van der Waals surface area contributed by atoms with Crippen LogP contribution in [0.2, 0.25) is 0 Å². The number of hydrogen-bond acceptors (Lipinski definition) is 7. The highest BCUT2D eigenvalue weighted by atomic mass is 19.4. The van der Waals surface area contributed by atoms with Crippen LogP contribution in [-0.2, 0) is 37.1 Å². The highest BCUT2D eigenvalue weighted by Gasteiger charge is 2.75. The van der Waals surface area contributed by atoms with Gasteiger partial charge in [-0.05, 0) is 86.4 Å². The highest BCUT2D eigenvalue weighted by Crippen LogP contribution is 2.67. The van der Waals surface area contributed by atoms with Gasteiger partial charge in [0.05, 0.1) is 23.1 Å². The van der Waals surface area contributed by atoms with Gasteiger partial charge in [0.15, 0.2) is 11.5 Å². The van der Waals surface area contributed by atoms with Gasteiger partial charge >= 0.3 is 18.1 Å². The minimum atomic E-state index is -4.49. The zero-order valence-corrected chi connectivity index (χ0v) is 26.1. The monoisotopic (exact) mass is 638 g/mol. The van der Waals surface area contributed by atoms with Crippen molar-refractivity contribution in [2.45, 2.75) is 87.8 Å². The van der Waals surface area contributed by atoms with Gasteiger partial charge in [0, 0.05) is 39.1 Å². The Morgan fingerprint density at radius 1 is 1.09 bits per heavy atom. The number of likely N-dealkylation sites (N-methyl/N-ethyl adjacent to an activating group) is 1. The second-order valence-electron chi connectivity index (χ2n) is 13.4. The molecule has 0 unspecified atom stereocenters. The first-order chi connectivity index (χ1) is 21.8.